The average molecular weight is 374 g/mol. The van der Waals surface area contributed by atoms with Gasteiger partial charge < -0.3 is 19.9 Å². The zero-order valence-electron chi connectivity index (χ0n) is 15.5. The van der Waals surface area contributed by atoms with E-state index >= 15 is 0 Å². The quantitative estimate of drug-likeness (QED) is 0.742. The summed E-state index contributed by atoms with van der Waals surface area (Å²) in [5, 5.41) is 12.0. The van der Waals surface area contributed by atoms with Gasteiger partial charge in [-0.25, -0.2) is 0 Å². The Labute approximate surface area is 158 Å². The number of hydrogen-bond acceptors (Lipinski definition) is 5. The molecule has 0 radical (unpaired) electrons. The molecule has 3 saturated heterocycles. The highest BCUT2D eigenvalue weighted by molar-refractivity contribution is 5.77. The Bertz CT molecular complexity index is 739. The van der Waals surface area contributed by atoms with Gasteiger partial charge in [-0.3, -0.25) is 14.5 Å². The topological polar surface area (TPSA) is 88.1 Å². The van der Waals surface area contributed by atoms with Crippen LogP contribution < -0.4 is 10.1 Å². The number of likely N-dealkylation sites (tertiary alicyclic amines) is 1. The summed E-state index contributed by atoms with van der Waals surface area (Å²) in [7, 11) is 0. The van der Waals surface area contributed by atoms with Crippen LogP contribution in [-0.4, -0.2) is 66.4 Å². The van der Waals surface area contributed by atoms with Crippen molar-refractivity contribution in [1.29, 1.82) is 0 Å². The van der Waals surface area contributed by atoms with Crippen LogP contribution in [0.15, 0.2) is 24.3 Å². The summed E-state index contributed by atoms with van der Waals surface area (Å²) in [5.74, 6) is 0.259. The fraction of sp³-hybridized carbons (Fsp3) is 0.600. The number of aryl methyl sites for hydroxylation is 1. The Kier molecular flexibility index (Phi) is 4.82. The lowest BCUT2D eigenvalue weighted by atomic mass is 9.73. The summed E-state index contributed by atoms with van der Waals surface area (Å²) in [6.07, 6.45) is 2.14. The number of benzene rings is 1. The molecule has 3 aliphatic heterocycles. The number of fused-ring (bicyclic) bond motifs is 1. The van der Waals surface area contributed by atoms with Gasteiger partial charge in [0.05, 0.1) is 18.2 Å². The molecule has 7 nitrogen and oxygen atoms in total. The normalized spacial score (nSPS) is 31.7. The van der Waals surface area contributed by atoms with Gasteiger partial charge in [0.1, 0.15) is 5.75 Å². The highest BCUT2D eigenvalue weighted by Crippen LogP contribution is 2.54. The van der Waals surface area contributed by atoms with Gasteiger partial charge in [0.15, 0.2) is 6.61 Å². The van der Waals surface area contributed by atoms with Crippen LogP contribution in [0.25, 0.3) is 0 Å². The number of carboxylic acids is 1. The van der Waals surface area contributed by atoms with Crippen LogP contribution in [0.5, 0.6) is 5.75 Å². The number of hydrogen-bond donors (Lipinski definition) is 2. The second-order valence-electron chi connectivity index (χ2n) is 8.00. The van der Waals surface area contributed by atoms with E-state index < -0.39 is 5.97 Å². The zero-order chi connectivity index (χ0) is 19.0. The standard InChI is InChI=1S/C20H26N2O5/c1-13-3-2-4-14(7-13)26-11-18(23)21-8-15-16-9-22(10-19(24)25)12-20(16)6-5-17(15)27-20/h2-4,7,15-17H,5-6,8-12H2,1H3,(H,21,23)(H,24,25)/t15-,16+,17+,20+/m0/s1. The van der Waals surface area contributed by atoms with Gasteiger partial charge in [0.25, 0.3) is 5.91 Å². The fourth-order valence-corrected chi connectivity index (χ4v) is 5.01. The molecule has 2 N–H and O–H groups in total. The average Bonchev–Trinajstić information content (AvgIpc) is 3.25. The summed E-state index contributed by atoms with van der Waals surface area (Å²) in [6.45, 7) is 3.98. The maximum atomic E-state index is 12.2. The highest BCUT2D eigenvalue weighted by Gasteiger charge is 2.62. The van der Waals surface area contributed by atoms with Gasteiger partial charge in [0, 0.05) is 31.5 Å². The molecular weight excluding hydrogens is 348 g/mol. The molecule has 1 aromatic rings. The Morgan fingerprint density at radius 1 is 1.44 bits per heavy atom. The third-order valence-electron chi connectivity index (χ3n) is 6.11. The number of ether oxygens (including phenoxy) is 2. The number of nitrogens with one attached hydrogen (secondary N) is 1. The van der Waals surface area contributed by atoms with Crippen molar-refractivity contribution in [3.8, 4) is 5.75 Å². The lowest BCUT2D eigenvalue weighted by molar-refractivity contribution is -0.138. The van der Waals surface area contributed by atoms with Crippen LogP contribution in [0.3, 0.4) is 0 Å². The molecule has 3 heterocycles. The Balaban J connectivity index is 1.29. The maximum absolute atomic E-state index is 12.2. The van der Waals surface area contributed by atoms with E-state index in [2.05, 4.69) is 5.32 Å². The smallest absolute Gasteiger partial charge is 0.317 e. The summed E-state index contributed by atoms with van der Waals surface area (Å²) < 4.78 is 11.8. The van der Waals surface area contributed by atoms with Gasteiger partial charge in [0.2, 0.25) is 0 Å². The number of rotatable bonds is 7. The van der Waals surface area contributed by atoms with E-state index in [0.717, 1.165) is 24.9 Å². The molecular formula is C20H26N2O5. The van der Waals surface area contributed by atoms with Crippen LogP contribution in [0.1, 0.15) is 18.4 Å². The van der Waals surface area contributed by atoms with Crippen molar-refractivity contribution in [2.24, 2.45) is 11.8 Å². The minimum atomic E-state index is -0.806. The Morgan fingerprint density at radius 2 is 2.30 bits per heavy atom. The third kappa shape index (κ3) is 3.66. The summed E-state index contributed by atoms with van der Waals surface area (Å²) in [6, 6.07) is 7.62. The predicted molar refractivity (Wildman–Crippen MR) is 97.6 cm³/mol. The summed E-state index contributed by atoms with van der Waals surface area (Å²) in [5.41, 5.74) is 0.873. The summed E-state index contributed by atoms with van der Waals surface area (Å²) >= 11 is 0. The molecule has 0 aliphatic carbocycles. The van der Waals surface area contributed by atoms with Crippen molar-refractivity contribution in [1.82, 2.24) is 10.2 Å². The zero-order valence-corrected chi connectivity index (χ0v) is 15.5. The van der Waals surface area contributed by atoms with E-state index in [1.807, 2.05) is 36.1 Å². The second kappa shape index (κ2) is 7.13. The van der Waals surface area contributed by atoms with Crippen molar-refractivity contribution in [2.75, 3.05) is 32.8 Å². The van der Waals surface area contributed by atoms with E-state index in [1.165, 1.54) is 0 Å². The van der Waals surface area contributed by atoms with E-state index in [4.69, 9.17) is 14.6 Å². The van der Waals surface area contributed by atoms with E-state index in [0.29, 0.717) is 18.8 Å². The SMILES string of the molecule is Cc1cccc(OCC(=O)NC[C@H]2[C@H]3CN(CC(=O)O)C[C@]34CC[C@H]2O4)c1. The molecule has 0 saturated carbocycles. The summed E-state index contributed by atoms with van der Waals surface area (Å²) in [4.78, 5) is 25.2. The van der Waals surface area contributed by atoms with E-state index in [-0.39, 0.29) is 42.6 Å². The van der Waals surface area contributed by atoms with Crippen LogP contribution in [-0.2, 0) is 14.3 Å². The Morgan fingerprint density at radius 3 is 3.07 bits per heavy atom. The first-order valence-corrected chi connectivity index (χ1v) is 9.53. The van der Waals surface area contributed by atoms with Crippen molar-refractivity contribution in [3.05, 3.63) is 29.8 Å². The molecule has 3 fully saturated rings. The first kappa shape index (κ1) is 18.3. The van der Waals surface area contributed by atoms with Crippen molar-refractivity contribution in [2.45, 2.75) is 31.5 Å². The lowest BCUT2D eigenvalue weighted by Gasteiger charge is -2.29. The van der Waals surface area contributed by atoms with Gasteiger partial charge in [-0.05, 0) is 37.5 Å². The third-order valence-corrected chi connectivity index (χ3v) is 6.11. The maximum Gasteiger partial charge on any atom is 0.317 e. The van der Waals surface area contributed by atoms with Crippen molar-refractivity contribution >= 4 is 11.9 Å². The largest absolute Gasteiger partial charge is 0.484 e. The molecule has 4 atom stereocenters. The van der Waals surface area contributed by atoms with Crippen molar-refractivity contribution in [3.63, 3.8) is 0 Å². The molecule has 4 rings (SSSR count). The minimum Gasteiger partial charge on any atom is -0.484 e. The number of carbonyl (C=O) groups is 2. The molecule has 1 amide bonds. The van der Waals surface area contributed by atoms with Gasteiger partial charge in [-0.2, -0.15) is 0 Å². The lowest BCUT2D eigenvalue weighted by Crippen LogP contribution is -2.42. The molecule has 0 aromatic heterocycles. The molecule has 7 heteroatoms. The predicted octanol–water partition coefficient (Wildman–Crippen LogP) is 1.05. The molecule has 146 valence electrons. The fourth-order valence-electron chi connectivity index (χ4n) is 5.01. The van der Waals surface area contributed by atoms with Crippen LogP contribution in [0.2, 0.25) is 0 Å². The van der Waals surface area contributed by atoms with Crippen molar-refractivity contribution < 1.29 is 24.2 Å². The monoisotopic (exact) mass is 374 g/mol. The molecule has 27 heavy (non-hydrogen) atoms. The van der Waals surface area contributed by atoms with Crippen LogP contribution in [0.4, 0.5) is 0 Å². The number of amides is 1. The number of nitrogens with zero attached hydrogens (tertiary/aromatic N) is 1. The van der Waals surface area contributed by atoms with Gasteiger partial charge in [-0.15, -0.1) is 0 Å². The number of aliphatic carboxylic acids is 1. The van der Waals surface area contributed by atoms with Crippen LogP contribution in [0, 0.1) is 18.8 Å². The molecule has 2 bridgehead atoms. The first-order valence-electron chi connectivity index (χ1n) is 9.53. The Hall–Kier alpha value is -2.12. The van der Waals surface area contributed by atoms with Gasteiger partial charge >= 0.3 is 5.97 Å². The highest BCUT2D eigenvalue weighted by atomic mass is 16.5. The molecule has 0 unspecified atom stereocenters. The van der Waals surface area contributed by atoms with E-state index in [9.17, 15) is 9.59 Å². The van der Waals surface area contributed by atoms with Crippen LogP contribution >= 0.6 is 0 Å². The number of carboxylic acid groups (broad SMARTS) is 1. The molecule has 3 aliphatic rings. The second-order valence-corrected chi connectivity index (χ2v) is 8.00. The molecule has 1 spiro atoms. The first-order chi connectivity index (χ1) is 12.9. The number of carbonyl (C=O) groups excluding carboxylic acids is 1. The minimum absolute atomic E-state index is 0.0113. The van der Waals surface area contributed by atoms with Gasteiger partial charge in [-0.1, -0.05) is 12.1 Å². The van der Waals surface area contributed by atoms with E-state index in [1.54, 1.807) is 0 Å². The molecule has 1 aromatic carbocycles.